The van der Waals surface area contributed by atoms with Gasteiger partial charge in [-0.05, 0) is 50.3 Å². The minimum Gasteiger partial charge on any atom is -0.377 e. The Bertz CT molecular complexity index is 779. The summed E-state index contributed by atoms with van der Waals surface area (Å²) in [5, 5.41) is 3.88. The molecule has 1 amide bonds. The van der Waals surface area contributed by atoms with Gasteiger partial charge in [-0.1, -0.05) is 5.16 Å². The normalized spacial score (nSPS) is 20.8. The van der Waals surface area contributed by atoms with Gasteiger partial charge in [-0.25, -0.2) is 0 Å². The van der Waals surface area contributed by atoms with Crippen molar-refractivity contribution < 1.29 is 18.8 Å². The van der Waals surface area contributed by atoms with Gasteiger partial charge in [-0.15, -0.1) is 0 Å². The number of rotatable bonds is 6. The third-order valence-corrected chi connectivity index (χ3v) is 5.68. The summed E-state index contributed by atoms with van der Waals surface area (Å²) in [5.74, 6) is 0.982. The zero-order valence-corrected chi connectivity index (χ0v) is 15.8. The first-order valence-electron chi connectivity index (χ1n) is 9.42. The largest absolute Gasteiger partial charge is 0.377 e. The van der Waals surface area contributed by atoms with Crippen LogP contribution in [0.15, 0.2) is 29.0 Å². The maximum absolute atomic E-state index is 12.7. The smallest absolute Gasteiger partial charge is 0.259 e. The van der Waals surface area contributed by atoms with E-state index in [1.165, 1.54) is 0 Å². The lowest BCUT2D eigenvalue weighted by Crippen LogP contribution is -2.66. The molecule has 2 aliphatic rings. The van der Waals surface area contributed by atoms with Crippen molar-refractivity contribution in [3.8, 4) is 0 Å². The quantitative estimate of drug-likeness (QED) is 0.726. The molecule has 1 atom stereocenters. The van der Waals surface area contributed by atoms with Crippen LogP contribution in [-0.4, -0.2) is 52.9 Å². The van der Waals surface area contributed by atoms with Crippen LogP contribution in [0, 0.1) is 19.8 Å². The molecule has 2 aromatic rings. The lowest BCUT2D eigenvalue weighted by Gasteiger charge is -2.50. The molecular formula is C20H25N3O4. The third-order valence-electron chi connectivity index (χ3n) is 5.68. The molecule has 4 rings (SSSR count). The summed E-state index contributed by atoms with van der Waals surface area (Å²) in [5.41, 5.74) is 2.14. The fourth-order valence-electron chi connectivity index (χ4n) is 4.13. The number of carbonyl (C=O) groups excluding carboxylic acids is 1. The number of carbonyl (C=O) groups is 1. The Labute approximate surface area is 158 Å². The Balaban J connectivity index is 1.28. The minimum absolute atomic E-state index is 0.0138. The number of hydrogen-bond donors (Lipinski definition) is 0. The topological polar surface area (TPSA) is 77.7 Å². The van der Waals surface area contributed by atoms with Crippen LogP contribution in [0.3, 0.4) is 0 Å². The first-order chi connectivity index (χ1) is 13.1. The van der Waals surface area contributed by atoms with Crippen molar-refractivity contribution in [3.05, 3.63) is 47.1 Å². The summed E-state index contributed by atoms with van der Waals surface area (Å²) in [4.78, 5) is 18.6. The first kappa shape index (κ1) is 18.1. The second kappa shape index (κ2) is 7.40. The van der Waals surface area contributed by atoms with Crippen LogP contribution in [0.25, 0.3) is 0 Å². The molecule has 2 aromatic heterocycles. The molecule has 0 aromatic carbocycles. The molecule has 27 heavy (non-hydrogen) atoms. The fourth-order valence-corrected chi connectivity index (χ4v) is 4.13. The maximum atomic E-state index is 12.7. The highest BCUT2D eigenvalue weighted by atomic mass is 16.5. The predicted octanol–water partition coefficient (Wildman–Crippen LogP) is 2.52. The molecule has 0 bridgehead atoms. The van der Waals surface area contributed by atoms with Gasteiger partial charge in [-0.3, -0.25) is 9.78 Å². The van der Waals surface area contributed by atoms with Crippen LogP contribution in [0.2, 0.25) is 0 Å². The highest BCUT2D eigenvalue weighted by Gasteiger charge is 2.54. The summed E-state index contributed by atoms with van der Waals surface area (Å²) in [6, 6.07) is 3.93. The van der Waals surface area contributed by atoms with E-state index in [0.717, 1.165) is 25.0 Å². The van der Waals surface area contributed by atoms with Crippen LogP contribution in [0.5, 0.6) is 0 Å². The van der Waals surface area contributed by atoms with E-state index in [1.807, 2.05) is 17.0 Å². The van der Waals surface area contributed by atoms with Crippen LogP contribution in [0.4, 0.5) is 0 Å². The molecule has 4 heterocycles. The van der Waals surface area contributed by atoms with Gasteiger partial charge >= 0.3 is 0 Å². The summed E-state index contributed by atoms with van der Waals surface area (Å²) < 4.78 is 17.0. The van der Waals surface area contributed by atoms with Crippen molar-refractivity contribution in [2.75, 3.05) is 26.3 Å². The zero-order chi connectivity index (χ0) is 18.9. The van der Waals surface area contributed by atoms with Gasteiger partial charge < -0.3 is 18.9 Å². The molecule has 7 nitrogen and oxygen atoms in total. The molecule has 0 N–H and O–H groups in total. The predicted molar refractivity (Wildman–Crippen MR) is 97.2 cm³/mol. The van der Waals surface area contributed by atoms with Gasteiger partial charge in [-0.2, -0.15) is 0 Å². The first-order valence-corrected chi connectivity index (χ1v) is 9.42. The molecule has 0 radical (unpaired) electrons. The molecule has 1 spiro atoms. The molecule has 2 fully saturated rings. The molecule has 0 unspecified atom stereocenters. The Morgan fingerprint density at radius 1 is 1.33 bits per heavy atom. The molecule has 2 saturated heterocycles. The van der Waals surface area contributed by atoms with Crippen LogP contribution < -0.4 is 0 Å². The van der Waals surface area contributed by atoms with Crippen LogP contribution in [0.1, 0.15) is 40.2 Å². The average Bonchev–Trinajstić information content (AvgIpc) is 3.21. The van der Waals surface area contributed by atoms with Gasteiger partial charge in [0.1, 0.15) is 16.9 Å². The monoisotopic (exact) mass is 371 g/mol. The molecule has 144 valence electrons. The maximum Gasteiger partial charge on any atom is 0.259 e. The second-order valence-corrected chi connectivity index (χ2v) is 7.46. The third kappa shape index (κ3) is 3.49. The number of aromatic nitrogens is 2. The highest BCUT2D eigenvalue weighted by molar-refractivity contribution is 5.96. The number of likely N-dealkylation sites (tertiary alicyclic amines) is 1. The lowest BCUT2D eigenvalue weighted by atomic mass is 9.79. The van der Waals surface area contributed by atoms with Crippen molar-refractivity contribution in [1.29, 1.82) is 0 Å². The van der Waals surface area contributed by atoms with Gasteiger partial charge in [0.15, 0.2) is 0 Å². The number of nitrogens with zero attached hydrogens (tertiary/aromatic N) is 3. The van der Waals surface area contributed by atoms with Gasteiger partial charge in [0.05, 0.1) is 25.4 Å². The summed E-state index contributed by atoms with van der Waals surface area (Å²) >= 11 is 0. The fraction of sp³-hybridized carbons (Fsp3) is 0.550. The molecule has 0 aliphatic carbocycles. The van der Waals surface area contributed by atoms with E-state index in [4.69, 9.17) is 14.0 Å². The van der Waals surface area contributed by atoms with E-state index in [0.29, 0.717) is 49.2 Å². The van der Waals surface area contributed by atoms with Gasteiger partial charge in [0.25, 0.3) is 5.91 Å². The Morgan fingerprint density at radius 2 is 2.11 bits per heavy atom. The van der Waals surface area contributed by atoms with E-state index >= 15 is 0 Å². The zero-order valence-electron chi connectivity index (χ0n) is 15.8. The average molecular weight is 371 g/mol. The Morgan fingerprint density at radius 3 is 2.81 bits per heavy atom. The molecule has 7 heteroatoms. The molecule has 0 saturated carbocycles. The SMILES string of the molecule is Cc1noc(C)c1C(=O)N1CC2(C1)OCC[C@H]2CCOCc1ccncc1. The number of amides is 1. The van der Waals surface area contributed by atoms with Crippen molar-refractivity contribution in [3.63, 3.8) is 0 Å². The standard InChI is InChI=1S/C20H25N3O4/c1-14-18(15(2)27-22-14)19(24)23-12-20(13-23)17(6-10-26-20)5-9-25-11-16-3-7-21-8-4-16/h3-4,7-8,17H,5-6,9-13H2,1-2H3/t17-/m1/s1. The summed E-state index contributed by atoms with van der Waals surface area (Å²) in [6.45, 7) is 6.87. The Hall–Kier alpha value is -2.25. The van der Waals surface area contributed by atoms with E-state index in [-0.39, 0.29) is 11.5 Å². The Kier molecular flexibility index (Phi) is 4.97. The summed E-state index contributed by atoms with van der Waals surface area (Å²) in [6.07, 6.45) is 5.51. The van der Waals surface area contributed by atoms with E-state index < -0.39 is 0 Å². The number of ether oxygens (including phenoxy) is 2. The van der Waals surface area contributed by atoms with Crippen LogP contribution in [-0.2, 0) is 16.1 Å². The highest BCUT2D eigenvalue weighted by Crippen LogP contribution is 2.42. The van der Waals surface area contributed by atoms with Gasteiger partial charge in [0.2, 0.25) is 0 Å². The summed E-state index contributed by atoms with van der Waals surface area (Å²) in [7, 11) is 0. The lowest BCUT2D eigenvalue weighted by molar-refractivity contribution is -0.120. The van der Waals surface area contributed by atoms with Crippen LogP contribution >= 0.6 is 0 Å². The minimum atomic E-state index is -0.214. The number of pyridine rings is 1. The van der Waals surface area contributed by atoms with Crippen molar-refractivity contribution in [2.24, 2.45) is 5.92 Å². The van der Waals surface area contributed by atoms with Crippen molar-refractivity contribution in [2.45, 2.75) is 38.9 Å². The number of hydrogen-bond acceptors (Lipinski definition) is 6. The van der Waals surface area contributed by atoms with Crippen molar-refractivity contribution in [1.82, 2.24) is 15.0 Å². The number of aryl methyl sites for hydroxylation is 2. The van der Waals surface area contributed by atoms with E-state index in [1.54, 1.807) is 26.2 Å². The second-order valence-electron chi connectivity index (χ2n) is 7.46. The molecular weight excluding hydrogens is 346 g/mol. The van der Waals surface area contributed by atoms with E-state index in [9.17, 15) is 4.79 Å². The van der Waals surface area contributed by atoms with E-state index in [2.05, 4.69) is 10.1 Å². The van der Waals surface area contributed by atoms with Crippen molar-refractivity contribution >= 4 is 5.91 Å². The molecule has 2 aliphatic heterocycles. The van der Waals surface area contributed by atoms with Gasteiger partial charge in [0, 0.05) is 25.6 Å².